The molecule has 0 heteroatoms. The third-order valence-corrected chi connectivity index (χ3v) is 14.5. The van der Waals surface area contributed by atoms with Gasteiger partial charge in [0.05, 0.1) is 0 Å². The molecule has 0 nitrogen and oxygen atoms in total. The first kappa shape index (κ1) is 41.1. The van der Waals surface area contributed by atoms with E-state index in [-0.39, 0.29) is 0 Å². The van der Waals surface area contributed by atoms with Crippen molar-refractivity contribution in [1.82, 2.24) is 0 Å². The van der Waals surface area contributed by atoms with E-state index in [2.05, 4.69) is 142 Å². The number of aryl methyl sites for hydroxylation is 12. The molecule has 0 saturated heterocycles. The predicted molar refractivity (Wildman–Crippen MR) is 264 cm³/mol. The molecule has 0 aliphatic heterocycles. The van der Waals surface area contributed by atoms with E-state index >= 15 is 0 Å². The van der Waals surface area contributed by atoms with Crippen molar-refractivity contribution in [3.8, 4) is 0 Å². The van der Waals surface area contributed by atoms with Crippen LogP contribution in [0.4, 0.5) is 0 Å². The summed E-state index contributed by atoms with van der Waals surface area (Å²) in [5.74, 6) is 0. The maximum absolute atomic E-state index is 2.62. The third-order valence-electron chi connectivity index (χ3n) is 14.5. The van der Waals surface area contributed by atoms with Crippen molar-refractivity contribution < 1.29 is 0 Å². The minimum Gasteiger partial charge on any atom is -0.0613 e. The van der Waals surface area contributed by atoms with Gasteiger partial charge in [-0.3, -0.25) is 0 Å². The minimum atomic E-state index is 1.06. The molecule has 0 heterocycles. The summed E-state index contributed by atoms with van der Waals surface area (Å²) in [6.45, 7) is 23.3. The fraction of sp³-hybridized carbons (Fsp3) is 0.390. The van der Waals surface area contributed by atoms with E-state index in [4.69, 9.17) is 0 Å². The van der Waals surface area contributed by atoms with Crippen molar-refractivity contribution in [2.75, 3.05) is 0 Å². The highest BCUT2D eigenvalue weighted by Gasteiger charge is 2.19. The summed E-state index contributed by atoms with van der Waals surface area (Å²) >= 11 is 0. The molecule has 0 bridgehead atoms. The van der Waals surface area contributed by atoms with E-state index in [0.29, 0.717) is 0 Å². The molecule has 0 N–H and O–H groups in total. The maximum Gasteiger partial charge on any atom is -0.00959 e. The number of benzene rings is 8. The van der Waals surface area contributed by atoms with Crippen molar-refractivity contribution in [2.24, 2.45) is 0 Å². The molecule has 0 saturated carbocycles. The minimum absolute atomic E-state index is 1.06. The van der Waals surface area contributed by atoms with Crippen molar-refractivity contribution in [3.63, 3.8) is 0 Å². The first-order valence-corrected chi connectivity index (χ1v) is 23.7. The van der Waals surface area contributed by atoms with Crippen molar-refractivity contribution >= 4 is 64.6 Å². The molecular formula is C59H68. The Morgan fingerprint density at radius 3 is 0.441 bits per heavy atom. The summed E-state index contributed by atoms with van der Waals surface area (Å²) in [5, 5.41) is 17.3. The molecule has 8 aromatic carbocycles. The van der Waals surface area contributed by atoms with E-state index in [1.807, 2.05) is 0 Å². The molecule has 0 radical (unpaired) electrons. The van der Waals surface area contributed by atoms with Gasteiger partial charge in [-0.25, -0.2) is 0 Å². The van der Waals surface area contributed by atoms with Gasteiger partial charge in [0, 0.05) is 0 Å². The van der Waals surface area contributed by atoms with Gasteiger partial charge in [0.1, 0.15) is 0 Å². The second-order valence-electron chi connectivity index (χ2n) is 17.4. The summed E-state index contributed by atoms with van der Waals surface area (Å²) in [7, 11) is 0. The Bertz CT molecular complexity index is 2620. The fourth-order valence-corrected chi connectivity index (χ4v) is 11.0. The lowest BCUT2D eigenvalue weighted by atomic mass is 9.84. The molecule has 0 unspecified atom stereocenters. The Kier molecular flexibility index (Phi) is 11.9. The number of fused-ring (bicyclic) bond motifs is 12. The fourth-order valence-electron chi connectivity index (χ4n) is 11.0. The van der Waals surface area contributed by atoms with E-state index in [0.717, 1.165) is 83.5 Å². The van der Waals surface area contributed by atoms with E-state index in [1.165, 1.54) is 131 Å². The van der Waals surface area contributed by atoms with Crippen LogP contribution in [-0.4, -0.2) is 0 Å². The monoisotopic (exact) mass is 777 g/mol. The van der Waals surface area contributed by atoms with Crippen LogP contribution in [-0.2, 0) is 77.0 Å². The largest absolute Gasteiger partial charge is 0.0613 e. The summed E-state index contributed by atoms with van der Waals surface area (Å²) in [6.07, 6.45) is 14.1. The maximum atomic E-state index is 2.62. The molecule has 0 aliphatic rings. The molecule has 8 rings (SSSR count). The van der Waals surface area contributed by atoms with Crippen LogP contribution in [0.2, 0.25) is 0 Å². The molecule has 59 heavy (non-hydrogen) atoms. The van der Waals surface area contributed by atoms with Crippen molar-refractivity contribution in [1.29, 1.82) is 0 Å². The van der Waals surface area contributed by atoms with Gasteiger partial charge < -0.3 is 0 Å². The zero-order chi connectivity index (χ0) is 41.5. The number of hydrogen-bond donors (Lipinski definition) is 0. The van der Waals surface area contributed by atoms with E-state index < -0.39 is 0 Å². The topological polar surface area (TPSA) is 0 Å². The zero-order valence-corrected chi connectivity index (χ0v) is 38.1. The molecule has 0 fully saturated rings. The first-order chi connectivity index (χ1) is 28.8. The standard InChI is InChI=1S/C59H68/c1-11-36-24-48-50-26-38(13-3)42(17-7)30-54(50)58-34-46(44(19-9)32-56(58)52(48)28-40(36)15-5)22-21-23-47-35-59-55-31-43(18-8)39(14-4)27-51(55)49-25-37(12-2)41(16-6)29-53(49)57(59)33-45(47)20-10/h24-35H,11-23H2,1-10H3. The third kappa shape index (κ3) is 7.03. The summed E-state index contributed by atoms with van der Waals surface area (Å²) in [5.41, 5.74) is 18.1. The lowest BCUT2D eigenvalue weighted by Gasteiger charge is -2.20. The SMILES string of the molecule is CCc1cc2c3cc(CC)c(CC)cc3c3cc(CCCc4cc5c6cc(CC)c(CC)cc6c6cc(CC)c(CC)cc6c5cc4CC)c(CC)cc3c2cc1CC. The van der Waals surface area contributed by atoms with Gasteiger partial charge in [0.25, 0.3) is 0 Å². The van der Waals surface area contributed by atoms with E-state index in [9.17, 15) is 0 Å². The van der Waals surface area contributed by atoms with Gasteiger partial charge in [-0.1, -0.05) is 142 Å². The van der Waals surface area contributed by atoms with Crippen LogP contribution in [0.3, 0.4) is 0 Å². The average Bonchev–Trinajstić information content (AvgIpc) is 3.29. The predicted octanol–water partition coefficient (Wildman–Crippen LogP) is 16.4. The van der Waals surface area contributed by atoms with Crippen molar-refractivity contribution in [2.45, 2.75) is 153 Å². The van der Waals surface area contributed by atoms with Crippen LogP contribution in [0.5, 0.6) is 0 Å². The molecule has 0 aliphatic carbocycles. The van der Waals surface area contributed by atoms with Gasteiger partial charge in [-0.05, 0) is 215 Å². The van der Waals surface area contributed by atoms with Gasteiger partial charge in [-0.15, -0.1) is 0 Å². The normalized spacial score (nSPS) is 12.1. The smallest absolute Gasteiger partial charge is 0.00959 e. The molecular weight excluding hydrogens is 709 g/mol. The Morgan fingerprint density at radius 2 is 0.305 bits per heavy atom. The second kappa shape index (κ2) is 17.1. The summed E-state index contributed by atoms with van der Waals surface area (Å²) < 4.78 is 0. The summed E-state index contributed by atoms with van der Waals surface area (Å²) in [4.78, 5) is 0. The number of hydrogen-bond acceptors (Lipinski definition) is 0. The molecule has 0 spiro atoms. The summed E-state index contributed by atoms with van der Waals surface area (Å²) in [6, 6.07) is 30.8. The van der Waals surface area contributed by atoms with Crippen LogP contribution in [0.1, 0.15) is 142 Å². The van der Waals surface area contributed by atoms with Crippen LogP contribution < -0.4 is 0 Å². The Balaban J connectivity index is 1.27. The average molecular weight is 777 g/mol. The van der Waals surface area contributed by atoms with Crippen LogP contribution in [0.25, 0.3) is 64.6 Å². The Hall–Kier alpha value is -4.68. The Morgan fingerprint density at radius 1 is 0.186 bits per heavy atom. The van der Waals surface area contributed by atoms with Crippen LogP contribution in [0.15, 0.2) is 72.8 Å². The number of rotatable bonds is 14. The van der Waals surface area contributed by atoms with E-state index in [1.54, 1.807) is 0 Å². The molecule has 8 aromatic rings. The van der Waals surface area contributed by atoms with Crippen LogP contribution >= 0.6 is 0 Å². The highest BCUT2D eigenvalue weighted by molar-refractivity contribution is 6.27. The quantitative estimate of drug-likeness (QED) is 0.0965. The molecule has 0 atom stereocenters. The first-order valence-electron chi connectivity index (χ1n) is 23.7. The lowest BCUT2D eigenvalue weighted by molar-refractivity contribution is 0.804. The molecule has 304 valence electrons. The lowest BCUT2D eigenvalue weighted by Crippen LogP contribution is -2.01. The molecule has 0 aromatic heterocycles. The van der Waals surface area contributed by atoms with Crippen LogP contribution in [0, 0.1) is 0 Å². The highest BCUT2D eigenvalue weighted by atomic mass is 14.2. The van der Waals surface area contributed by atoms with Gasteiger partial charge in [-0.2, -0.15) is 0 Å². The zero-order valence-electron chi connectivity index (χ0n) is 38.1. The highest BCUT2D eigenvalue weighted by Crippen LogP contribution is 2.42. The molecule has 0 amide bonds. The Labute approximate surface area is 355 Å². The van der Waals surface area contributed by atoms with Gasteiger partial charge in [0.15, 0.2) is 0 Å². The second-order valence-corrected chi connectivity index (χ2v) is 17.4. The van der Waals surface area contributed by atoms with Crippen molar-refractivity contribution in [3.05, 3.63) is 140 Å². The van der Waals surface area contributed by atoms with Gasteiger partial charge >= 0.3 is 0 Å². The van der Waals surface area contributed by atoms with Gasteiger partial charge in [0.2, 0.25) is 0 Å².